The van der Waals surface area contributed by atoms with Crippen LogP contribution < -0.4 is 5.32 Å². The number of hydrogen-bond acceptors (Lipinski definition) is 4. The summed E-state index contributed by atoms with van der Waals surface area (Å²) < 4.78 is 21.3. The van der Waals surface area contributed by atoms with Gasteiger partial charge in [-0.25, -0.2) is 9.37 Å². The fraction of sp³-hybridized carbons (Fsp3) is 0.361. The Morgan fingerprint density at radius 1 is 0.977 bits per heavy atom. The Balaban J connectivity index is 1.43. The van der Waals surface area contributed by atoms with Gasteiger partial charge in [0, 0.05) is 26.9 Å². The number of amides is 1. The highest BCUT2D eigenvalue weighted by Crippen LogP contribution is 2.59. The molecule has 222 valence electrons. The first-order valence-corrected chi connectivity index (χ1v) is 15.7. The predicted molar refractivity (Wildman–Crippen MR) is 170 cm³/mol. The molecule has 3 aromatic carbocycles. The Kier molecular flexibility index (Phi) is 7.44. The van der Waals surface area contributed by atoms with Crippen LogP contribution in [-0.4, -0.2) is 28.0 Å². The maximum Gasteiger partial charge on any atom is 0.312 e. The Morgan fingerprint density at radius 2 is 1.70 bits per heavy atom. The van der Waals surface area contributed by atoms with Gasteiger partial charge in [0.15, 0.2) is 0 Å². The minimum atomic E-state index is -0.665. The molecule has 0 radical (unpaired) electrons. The zero-order valence-corrected chi connectivity index (χ0v) is 26.6. The Hall–Kier alpha value is -3.58. The molecular formula is C36H36BrFN2O3. The summed E-state index contributed by atoms with van der Waals surface area (Å²) in [4.78, 5) is 33.1. The SMILES string of the molecule is Cc1c(-c2ccccc2)nc2ccc(Br)cc2c1C(=O)NC12CCC(C(=O)OC(C)(C)C)(CC1)CC2c1cccc(F)c1. The second-order valence-electron chi connectivity index (χ2n) is 13.2. The molecule has 43 heavy (non-hydrogen) atoms. The van der Waals surface area contributed by atoms with Gasteiger partial charge >= 0.3 is 5.97 Å². The van der Waals surface area contributed by atoms with E-state index in [0.29, 0.717) is 37.7 Å². The number of halogens is 2. The van der Waals surface area contributed by atoms with E-state index in [2.05, 4.69) is 21.2 Å². The Morgan fingerprint density at radius 3 is 2.37 bits per heavy atom. The quantitative estimate of drug-likeness (QED) is 0.221. The number of rotatable bonds is 5. The van der Waals surface area contributed by atoms with Crippen molar-refractivity contribution in [1.82, 2.24) is 10.3 Å². The Labute approximate surface area is 260 Å². The van der Waals surface area contributed by atoms with E-state index < -0.39 is 16.6 Å². The maximum absolute atomic E-state index is 14.6. The van der Waals surface area contributed by atoms with E-state index in [4.69, 9.17) is 9.72 Å². The summed E-state index contributed by atoms with van der Waals surface area (Å²) in [6.07, 6.45) is 2.88. The van der Waals surface area contributed by atoms with Crippen LogP contribution in [0.3, 0.4) is 0 Å². The van der Waals surface area contributed by atoms with Crippen LogP contribution in [0.5, 0.6) is 0 Å². The summed E-state index contributed by atoms with van der Waals surface area (Å²) in [6.45, 7) is 7.59. The molecule has 4 aromatic rings. The number of aromatic nitrogens is 1. The number of ether oxygens (including phenoxy) is 1. The number of benzene rings is 3. The lowest BCUT2D eigenvalue weighted by Gasteiger charge is -2.57. The van der Waals surface area contributed by atoms with Crippen molar-refractivity contribution in [1.29, 1.82) is 0 Å². The number of nitrogens with zero attached hydrogens (tertiary/aromatic N) is 1. The lowest BCUT2D eigenvalue weighted by atomic mass is 9.51. The molecule has 0 saturated heterocycles. The van der Waals surface area contributed by atoms with Crippen LogP contribution in [0.25, 0.3) is 22.2 Å². The predicted octanol–water partition coefficient (Wildman–Crippen LogP) is 8.67. The van der Waals surface area contributed by atoms with Crippen LogP contribution in [-0.2, 0) is 9.53 Å². The summed E-state index contributed by atoms with van der Waals surface area (Å²) in [6, 6.07) is 22.2. The molecule has 1 atom stereocenters. The van der Waals surface area contributed by atoms with Crippen LogP contribution in [0.2, 0.25) is 0 Å². The van der Waals surface area contributed by atoms with E-state index >= 15 is 0 Å². The maximum atomic E-state index is 14.6. The van der Waals surface area contributed by atoms with E-state index in [1.54, 1.807) is 12.1 Å². The van der Waals surface area contributed by atoms with Crippen LogP contribution in [0, 0.1) is 18.2 Å². The molecule has 0 aliphatic heterocycles. The third-order valence-corrected chi connectivity index (χ3v) is 9.76. The van der Waals surface area contributed by atoms with E-state index in [0.717, 1.165) is 37.8 Å². The Bertz CT molecular complexity index is 1720. The van der Waals surface area contributed by atoms with Crippen molar-refractivity contribution in [2.75, 3.05) is 0 Å². The van der Waals surface area contributed by atoms with Gasteiger partial charge < -0.3 is 10.1 Å². The molecule has 2 bridgehead atoms. The first-order valence-electron chi connectivity index (χ1n) is 14.9. The molecule has 0 spiro atoms. The highest BCUT2D eigenvalue weighted by Gasteiger charge is 2.59. The second-order valence-corrected chi connectivity index (χ2v) is 14.1. The van der Waals surface area contributed by atoms with Crippen molar-refractivity contribution in [3.8, 4) is 11.3 Å². The van der Waals surface area contributed by atoms with Crippen molar-refractivity contribution in [2.24, 2.45) is 5.41 Å². The monoisotopic (exact) mass is 642 g/mol. The minimum Gasteiger partial charge on any atom is -0.460 e. The molecule has 3 aliphatic rings. The fourth-order valence-corrected chi connectivity index (χ4v) is 7.51. The van der Waals surface area contributed by atoms with E-state index in [9.17, 15) is 14.0 Å². The van der Waals surface area contributed by atoms with Gasteiger partial charge in [0.25, 0.3) is 5.91 Å². The smallest absolute Gasteiger partial charge is 0.312 e. The van der Waals surface area contributed by atoms with Crippen LogP contribution >= 0.6 is 15.9 Å². The number of fused-ring (bicyclic) bond motifs is 4. The van der Waals surface area contributed by atoms with Gasteiger partial charge in [0.05, 0.1) is 22.2 Å². The second kappa shape index (κ2) is 10.8. The molecule has 1 aromatic heterocycles. The number of carbonyl (C=O) groups excluding carboxylic acids is 2. The van der Waals surface area contributed by atoms with Crippen LogP contribution in [0.1, 0.15) is 80.3 Å². The van der Waals surface area contributed by atoms with Crippen molar-refractivity contribution in [2.45, 2.75) is 76.9 Å². The summed E-state index contributed by atoms with van der Waals surface area (Å²) >= 11 is 3.58. The zero-order chi connectivity index (χ0) is 30.6. The average molecular weight is 644 g/mol. The lowest BCUT2D eigenvalue weighted by molar-refractivity contribution is -0.176. The van der Waals surface area contributed by atoms with E-state index in [1.165, 1.54) is 6.07 Å². The van der Waals surface area contributed by atoms with Crippen LogP contribution in [0.4, 0.5) is 4.39 Å². The molecule has 1 amide bonds. The number of hydrogen-bond donors (Lipinski definition) is 1. The molecule has 7 heteroatoms. The van der Waals surface area contributed by atoms with Gasteiger partial charge in [-0.1, -0.05) is 58.4 Å². The van der Waals surface area contributed by atoms with Crippen molar-refractivity contribution >= 4 is 38.7 Å². The fourth-order valence-electron chi connectivity index (χ4n) is 7.15. The minimum absolute atomic E-state index is 0.187. The summed E-state index contributed by atoms with van der Waals surface area (Å²) in [5.41, 5.74) is 2.67. The van der Waals surface area contributed by atoms with Crippen molar-refractivity contribution in [3.63, 3.8) is 0 Å². The van der Waals surface area contributed by atoms with Gasteiger partial charge in [0.1, 0.15) is 11.4 Å². The molecule has 1 N–H and O–H groups in total. The molecule has 5 nitrogen and oxygen atoms in total. The number of esters is 1. The van der Waals surface area contributed by atoms with Gasteiger partial charge in [0.2, 0.25) is 0 Å². The molecule has 7 rings (SSSR count). The molecule has 1 heterocycles. The van der Waals surface area contributed by atoms with E-state index in [1.807, 2.05) is 82.3 Å². The average Bonchev–Trinajstić information content (AvgIpc) is 2.97. The van der Waals surface area contributed by atoms with Crippen molar-refractivity contribution in [3.05, 3.63) is 99.8 Å². The molecule has 3 aliphatic carbocycles. The highest BCUT2D eigenvalue weighted by atomic mass is 79.9. The van der Waals surface area contributed by atoms with Gasteiger partial charge in [-0.3, -0.25) is 9.59 Å². The van der Waals surface area contributed by atoms with Gasteiger partial charge in [-0.05, 0) is 101 Å². The van der Waals surface area contributed by atoms with Crippen molar-refractivity contribution < 1.29 is 18.7 Å². The number of carbonyl (C=O) groups is 2. The lowest BCUT2D eigenvalue weighted by Crippen LogP contribution is -2.62. The number of pyridine rings is 1. The third kappa shape index (κ3) is 5.48. The van der Waals surface area contributed by atoms with Gasteiger partial charge in [-0.15, -0.1) is 0 Å². The first-order chi connectivity index (χ1) is 20.4. The first kappa shape index (κ1) is 29.5. The number of nitrogens with one attached hydrogen (secondary N) is 1. The normalized spacial score (nSPS) is 23.3. The zero-order valence-electron chi connectivity index (χ0n) is 25.0. The molecule has 3 fully saturated rings. The summed E-state index contributed by atoms with van der Waals surface area (Å²) in [5.74, 6) is -0.974. The van der Waals surface area contributed by atoms with Crippen LogP contribution in [0.15, 0.2) is 77.3 Å². The van der Waals surface area contributed by atoms with Gasteiger partial charge in [-0.2, -0.15) is 0 Å². The molecule has 3 saturated carbocycles. The topological polar surface area (TPSA) is 68.3 Å². The highest BCUT2D eigenvalue weighted by molar-refractivity contribution is 9.10. The molecule has 1 unspecified atom stereocenters. The summed E-state index contributed by atoms with van der Waals surface area (Å²) in [7, 11) is 0. The summed E-state index contributed by atoms with van der Waals surface area (Å²) in [5, 5.41) is 4.24. The standard InChI is InChI=1S/C36H36BrFN2O3/c1-22-30(27-20-25(37)13-14-29(27)39-31(22)23-9-6-5-7-10-23)32(41)40-36-17-15-35(16-18-36,33(42)43-34(2,3)4)21-28(36)24-11-8-12-26(38)19-24/h5-14,19-20,28H,15-18,21H2,1-4H3,(H,40,41). The molecular weight excluding hydrogens is 607 g/mol. The largest absolute Gasteiger partial charge is 0.460 e. The van der Waals surface area contributed by atoms with E-state index in [-0.39, 0.29) is 23.6 Å². The third-order valence-electron chi connectivity index (χ3n) is 9.27.